The number of aromatic nitrogens is 2. The van der Waals surface area contributed by atoms with Crippen LogP contribution in [0.4, 0.5) is 21.7 Å². The van der Waals surface area contributed by atoms with Crippen molar-refractivity contribution < 1.29 is 13.9 Å². The molecule has 1 aliphatic carbocycles. The number of hydrogen-bond acceptors (Lipinski definition) is 7. The van der Waals surface area contributed by atoms with Crippen LogP contribution < -0.4 is 26.8 Å². The van der Waals surface area contributed by atoms with Crippen molar-refractivity contribution in [2.45, 2.75) is 37.8 Å². The third kappa shape index (κ3) is 4.51. The highest BCUT2D eigenvalue weighted by Crippen LogP contribution is 2.28. The summed E-state index contributed by atoms with van der Waals surface area (Å²) < 4.78 is 19.9. The standard InChI is InChI=1S/C22H25FN6O2/c1-31-14-7-6-12-8-13(11-26-19(12)9-14)27-21-15(20(25)30)10-16(23)22(29-21)28-18-5-3-2-4-17(18)24/h6-11,17-18H,2-5,24H2,1H3,(H2,25,30)(H2,27,28,29)/t17-,18+/m0/s1. The lowest BCUT2D eigenvalue weighted by atomic mass is 9.91. The fourth-order valence-corrected chi connectivity index (χ4v) is 3.82. The Balaban J connectivity index is 1.65. The first-order valence-electron chi connectivity index (χ1n) is 10.2. The molecule has 0 unspecified atom stereocenters. The summed E-state index contributed by atoms with van der Waals surface area (Å²) in [5.41, 5.74) is 12.9. The molecule has 0 bridgehead atoms. The molecule has 9 heteroatoms. The third-order valence-corrected chi connectivity index (χ3v) is 5.54. The number of carbonyl (C=O) groups excluding carboxylic acids is 1. The highest BCUT2D eigenvalue weighted by molar-refractivity contribution is 5.99. The molecule has 6 N–H and O–H groups in total. The molecule has 1 aromatic carbocycles. The Hall–Kier alpha value is -3.46. The average molecular weight is 424 g/mol. The number of hydrogen-bond donors (Lipinski definition) is 4. The second-order valence-electron chi connectivity index (χ2n) is 7.69. The molecule has 2 heterocycles. The number of fused-ring (bicyclic) bond motifs is 1. The van der Waals surface area contributed by atoms with E-state index in [4.69, 9.17) is 16.2 Å². The van der Waals surface area contributed by atoms with E-state index in [1.165, 1.54) is 0 Å². The van der Waals surface area contributed by atoms with Gasteiger partial charge < -0.3 is 26.8 Å². The summed E-state index contributed by atoms with van der Waals surface area (Å²) in [6.07, 6.45) is 5.38. The number of rotatable bonds is 6. The van der Waals surface area contributed by atoms with Crippen molar-refractivity contribution in [1.82, 2.24) is 9.97 Å². The van der Waals surface area contributed by atoms with Crippen molar-refractivity contribution in [2.75, 3.05) is 17.7 Å². The maximum atomic E-state index is 14.7. The van der Waals surface area contributed by atoms with Gasteiger partial charge in [0.1, 0.15) is 11.6 Å². The minimum atomic E-state index is -0.784. The summed E-state index contributed by atoms with van der Waals surface area (Å²) in [5, 5.41) is 7.01. The number of nitrogens with one attached hydrogen (secondary N) is 2. The molecule has 162 valence electrons. The number of anilines is 3. The lowest BCUT2D eigenvalue weighted by Crippen LogP contribution is -2.43. The minimum Gasteiger partial charge on any atom is -0.497 e. The summed E-state index contributed by atoms with van der Waals surface area (Å²) >= 11 is 0. The monoisotopic (exact) mass is 424 g/mol. The van der Waals surface area contributed by atoms with Crippen molar-refractivity contribution in [3.05, 3.63) is 47.9 Å². The normalized spacial score (nSPS) is 18.5. The molecule has 1 aliphatic rings. The molecule has 1 amide bonds. The smallest absolute Gasteiger partial charge is 0.252 e. The highest BCUT2D eigenvalue weighted by Gasteiger charge is 2.24. The average Bonchev–Trinajstić information content (AvgIpc) is 2.76. The molecular weight excluding hydrogens is 399 g/mol. The zero-order chi connectivity index (χ0) is 22.0. The van der Waals surface area contributed by atoms with E-state index in [1.807, 2.05) is 24.3 Å². The molecule has 4 rings (SSSR count). The van der Waals surface area contributed by atoms with E-state index in [0.29, 0.717) is 11.4 Å². The largest absolute Gasteiger partial charge is 0.497 e. The van der Waals surface area contributed by atoms with E-state index in [-0.39, 0.29) is 29.3 Å². The van der Waals surface area contributed by atoms with Crippen LogP contribution in [0.2, 0.25) is 0 Å². The number of carbonyl (C=O) groups is 1. The number of halogens is 1. The Morgan fingerprint density at radius 1 is 1.19 bits per heavy atom. The fourth-order valence-electron chi connectivity index (χ4n) is 3.82. The fraction of sp³-hybridized carbons (Fsp3) is 0.318. The van der Waals surface area contributed by atoms with Crippen LogP contribution in [0.15, 0.2) is 36.5 Å². The Bertz CT molecular complexity index is 1120. The molecule has 8 nitrogen and oxygen atoms in total. The molecule has 0 aliphatic heterocycles. The van der Waals surface area contributed by atoms with E-state index < -0.39 is 11.7 Å². The summed E-state index contributed by atoms with van der Waals surface area (Å²) in [6, 6.07) is 8.30. The van der Waals surface area contributed by atoms with E-state index >= 15 is 0 Å². The Labute approximate surface area is 179 Å². The van der Waals surface area contributed by atoms with E-state index in [9.17, 15) is 9.18 Å². The maximum absolute atomic E-state index is 14.7. The number of amides is 1. The van der Waals surface area contributed by atoms with Gasteiger partial charge in [0, 0.05) is 23.5 Å². The van der Waals surface area contributed by atoms with Gasteiger partial charge >= 0.3 is 0 Å². The van der Waals surface area contributed by atoms with Gasteiger partial charge in [0.15, 0.2) is 11.6 Å². The van der Waals surface area contributed by atoms with E-state index in [2.05, 4.69) is 20.6 Å². The van der Waals surface area contributed by atoms with Gasteiger partial charge in [-0.1, -0.05) is 12.8 Å². The molecule has 0 radical (unpaired) electrons. The van der Waals surface area contributed by atoms with Crippen LogP contribution in [0.1, 0.15) is 36.0 Å². The molecule has 0 spiro atoms. The number of benzene rings is 1. The molecule has 2 atom stereocenters. The van der Waals surface area contributed by atoms with Crippen LogP contribution in [0, 0.1) is 5.82 Å². The van der Waals surface area contributed by atoms with Gasteiger partial charge in [0.2, 0.25) is 0 Å². The van der Waals surface area contributed by atoms with Crippen LogP contribution in [0.5, 0.6) is 5.75 Å². The van der Waals surface area contributed by atoms with Crippen molar-refractivity contribution in [3.63, 3.8) is 0 Å². The van der Waals surface area contributed by atoms with Gasteiger partial charge in [-0.2, -0.15) is 0 Å². The van der Waals surface area contributed by atoms with Crippen molar-refractivity contribution >= 4 is 34.1 Å². The zero-order valence-corrected chi connectivity index (χ0v) is 17.2. The summed E-state index contributed by atoms with van der Waals surface area (Å²) in [5.74, 6) is -0.550. The number of pyridine rings is 2. The summed E-state index contributed by atoms with van der Waals surface area (Å²) in [6.45, 7) is 0. The van der Waals surface area contributed by atoms with Crippen LogP contribution in [0.25, 0.3) is 10.9 Å². The molecule has 0 saturated heterocycles. The van der Waals surface area contributed by atoms with Crippen LogP contribution in [-0.4, -0.2) is 35.1 Å². The maximum Gasteiger partial charge on any atom is 0.252 e. The molecule has 1 fully saturated rings. The number of ether oxygens (including phenoxy) is 1. The van der Waals surface area contributed by atoms with E-state index in [0.717, 1.165) is 42.7 Å². The number of nitrogens with zero attached hydrogens (tertiary/aromatic N) is 2. The predicted octanol–water partition coefficient (Wildman–Crippen LogP) is 3.30. The zero-order valence-electron chi connectivity index (χ0n) is 17.2. The van der Waals surface area contributed by atoms with Gasteiger partial charge in [0.05, 0.1) is 30.1 Å². The van der Waals surface area contributed by atoms with E-state index in [1.54, 1.807) is 13.3 Å². The Morgan fingerprint density at radius 3 is 2.74 bits per heavy atom. The van der Waals surface area contributed by atoms with Gasteiger partial charge in [-0.15, -0.1) is 0 Å². The number of methoxy groups -OCH3 is 1. The molecule has 31 heavy (non-hydrogen) atoms. The minimum absolute atomic E-state index is 0.0355. The Kier molecular flexibility index (Phi) is 5.85. The van der Waals surface area contributed by atoms with Gasteiger partial charge in [0.25, 0.3) is 5.91 Å². The first kappa shape index (κ1) is 20.8. The Morgan fingerprint density at radius 2 is 2.00 bits per heavy atom. The SMILES string of the molecule is COc1ccc2cc(Nc3nc(N[C@@H]4CCCC[C@@H]4N)c(F)cc3C(N)=O)cnc2c1. The lowest BCUT2D eigenvalue weighted by Gasteiger charge is -2.30. The molecule has 3 aromatic rings. The first-order valence-corrected chi connectivity index (χ1v) is 10.2. The first-order chi connectivity index (χ1) is 14.9. The molecule has 2 aromatic heterocycles. The van der Waals surface area contributed by atoms with Gasteiger partial charge in [-0.3, -0.25) is 9.78 Å². The van der Waals surface area contributed by atoms with Crippen LogP contribution >= 0.6 is 0 Å². The topological polar surface area (TPSA) is 128 Å². The second kappa shape index (κ2) is 8.73. The quantitative estimate of drug-likeness (QED) is 0.478. The molecular formula is C22H25FN6O2. The number of nitrogens with two attached hydrogens (primary N) is 2. The molecule has 1 saturated carbocycles. The van der Waals surface area contributed by atoms with Crippen molar-refractivity contribution in [1.29, 1.82) is 0 Å². The van der Waals surface area contributed by atoms with Crippen molar-refractivity contribution in [3.8, 4) is 5.75 Å². The predicted molar refractivity (Wildman–Crippen MR) is 118 cm³/mol. The van der Waals surface area contributed by atoms with Gasteiger partial charge in [-0.05, 0) is 37.1 Å². The highest BCUT2D eigenvalue weighted by atomic mass is 19.1. The van der Waals surface area contributed by atoms with Gasteiger partial charge in [-0.25, -0.2) is 9.37 Å². The van der Waals surface area contributed by atoms with Crippen LogP contribution in [-0.2, 0) is 0 Å². The number of primary amides is 1. The second-order valence-corrected chi connectivity index (χ2v) is 7.69. The summed E-state index contributed by atoms with van der Waals surface area (Å²) in [4.78, 5) is 20.6. The van der Waals surface area contributed by atoms with Crippen LogP contribution in [0.3, 0.4) is 0 Å². The third-order valence-electron chi connectivity index (χ3n) is 5.54. The summed E-state index contributed by atoms with van der Waals surface area (Å²) in [7, 11) is 1.59. The lowest BCUT2D eigenvalue weighted by molar-refractivity contribution is 0.100. The van der Waals surface area contributed by atoms with Crippen molar-refractivity contribution in [2.24, 2.45) is 11.5 Å².